The van der Waals surface area contributed by atoms with Crippen molar-refractivity contribution in [3.63, 3.8) is 0 Å². The van der Waals surface area contributed by atoms with Gasteiger partial charge in [0.15, 0.2) is 0 Å². The molecule has 4 nitrogen and oxygen atoms in total. The number of benzene rings is 1. The van der Waals surface area contributed by atoms with Crippen molar-refractivity contribution in [1.82, 2.24) is 5.32 Å². The van der Waals surface area contributed by atoms with E-state index >= 15 is 0 Å². The fourth-order valence-corrected chi connectivity index (χ4v) is 1.48. The third-order valence-corrected chi connectivity index (χ3v) is 2.57. The Morgan fingerprint density at radius 3 is 2.87 bits per heavy atom. The van der Waals surface area contributed by atoms with Crippen LogP contribution in [-0.4, -0.2) is 12.1 Å². The van der Waals surface area contributed by atoms with E-state index in [4.69, 9.17) is 5.73 Å². The molecule has 2 rings (SSSR count). The molecule has 4 N–H and O–H groups in total. The van der Waals surface area contributed by atoms with Gasteiger partial charge in [-0.25, -0.2) is 4.79 Å². The van der Waals surface area contributed by atoms with E-state index in [9.17, 15) is 4.79 Å². The van der Waals surface area contributed by atoms with Crippen LogP contribution in [0.25, 0.3) is 0 Å². The second-order valence-corrected chi connectivity index (χ2v) is 4.04. The average molecular weight is 205 g/mol. The summed E-state index contributed by atoms with van der Waals surface area (Å²) in [4.78, 5) is 11.5. The van der Waals surface area contributed by atoms with Crippen LogP contribution < -0.4 is 16.4 Å². The highest BCUT2D eigenvalue weighted by molar-refractivity contribution is 5.90. The van der Waals surface area contributed by atoms with Crippen molar-refractivity contribution in [3.8, 4) is 0 Å². The van der Waals surface area contributed by atoms with Gasteiger partial charge in [0.1, 0.15) is 0 Å². The van der Waals surface area contributed by atoms with Crippen molar-refractivity contribution in [2.45, 2.75) is 19.4 Å². The highest BCUT2D eigenvalue weighted by Crippen LogP contribution is 2.28. The smallest absolute Gasteiger partial charge is 0.319 e. The summed E-state index contributed by atoms with van der Waals surface area (Å²) in [7, 11) is 0. The first kappa shape index (κ1) is 9.83. The van der Waals surface area contributed by atoms with Crippen LogP contribution in [0.5, 0.6) is 0 Å². The van der Waals surface area contributed by atoms with Crippen molar-refractivity contribution in [3.05, 3.63) is 24.3 Å². The average Bonchev–Trinajstić information content (AvgIpc) is 2.81. The van der Waals surface area contributed by atoms with Gasteiger partial charge in [-0.3, -0.25) is 0 Å². The summed E-state index contributed by atoms with van der Waals surface area (Å²) in [6, 6.07) is 7.32. The number of nitrogens with one attached hydrogen (secondary N) is 2. The molecule has 15 heavy (non-hydrogen) atoms. The zero-order valence-corrected chi connectivity index (χ0v) is 8.66. The summed E-state index contributed by atoms with van der Waals surface area (Å²) < 4.78 is 0. The van der Waals surface area contributed by atoms with Gasteiger partial charge >= 0.3 is 6.03 Å². The van der Waals surface area contributed by atoms with Gasteiger partial charge in [0, 0.05) is 17.4 Å². The lowest BCUT2D eigenvalue weighted by atomic mass is 10.3. The van der Waals surface area contributed by atoms with Gasteiger partial charge < -0.3 is 16.4 Å². The molecule has 1 aliphatic carbocycles. The highest BCUT2D eigenvalue weighted by atomic mass is 16.2. The van der Waals surface area contributed by atoms with E-state index in [-0.39, 0.29) is 6.03 Å². The minimum Gasteiger partial charge on any atom is -0.399 e. The van der Waals surface area contributed by atoms with Gasteiger partial charge in [-0.05, 0) is 30.5 Å². The molecule has 1 saturated carbocycles. The Labute approximate surface area is 88.9 Å². The molecular weight excluding hydrogens is 190 g/mol. The second kappa shape index (κ2) is 3.81. The molecule has 2 amide bonds. The number of nitrogens with two attached hydrogens (primary N) is 1. The molecule has 1 aromatic carbocycles. The molecule has 4 heteroatoms. The SMILES string of the molecule is CC1CC1NC(=O)Nc1cccc(N)c1. The largest absolute Gasteiger partial charge is 0.399 e. The molecule has 0 bridgehead atoms. The van der Waals surface area contributed by atoms with Crippen LogP contribution >= 0.6 is 0 Å². The number of carbonyl (C=O) groups is 1. The Bertz CT molecular complexity index is 378. The van der Waals surface area contributed by atoms with E-state index in [0.29, 0.717) is 17.6 Å². The third-order valence-electron chi connectivity index (χ3n) is 2.57. The number of urea groups is 1. The zero-order chi connectivity index (χ0) is 10.8. The quantitative estimate of drug-likeness (QED) is 0.644. The molecule has 0 heterocycles. The Morgan fingerprint density at radius 2 is 2.27 bits per heavy atom. The lowest BCUT2D eigenvalue weighted by Gasteiger charge is -2.07. The van der Waals surface area contributed by atoms with Crippen LogP contribution in [0.15, 0.2) is 24.3 Å². The van der Waals surface area contributed by atoms with Crippen LogP contribution in [0.2, 0.25) is 0 Å². The number of carbonyl (C=O) groups excluding carboxylic acids is 1. The van der Waals surface area contributed by atoms with Crippen molar-refractivity contribution >= 4 is 17.4 Å². The van der Waals surface area contributed by atoms with Crippen LogP contribution in [-0.2, 0) is 0 Å². The van der Waals surface area contributed by atoms with E-state index in [2.05, 4.69) is 17.6 Å². The first-order chi connectivity index (χ1) is 7.15. The number of amides is 2. The maximum absolute atomic E-state index is 11.5. The molecule has 2 atom stereocenters. The van der Waals surface area contributed by atoms with E-state index in [0.717, 1.165) is 12.1 Å². The summed E-state index contributed by atoms with van der Waals surface area (Å²) in [6.07, 6.45) is 1.07. The van der Waals surface area contributed by atoms with Crippen molar-refractivity contribution < 1.29 is 4.79 Å². The first-order valence-corrected chi connectivity index (χ1v) is 5.08. The fraction of sp³-hybridized carbons (Fsp3) is 0.364. The maximum Gasteiger partial charge on any atom is 0.319 e. The molecule has 1 fully saturated rings. The normalized spacial score (nSPS) is 23.3. The summed E-state index contributed by atoms with van der Waals surface area (Å²) in [5.74, 6) is 0.608. The maximum atomic E-state index is 11.5. The topological polar surface area (TPSA) is 67.2 Å². The van der Waals surface area contributed by atoms with Crippen molar-refractivity contribution in [1.29, 1.82) is 0 Å². The van der Waals surface area contributed by atoms with Crippen LogP contribution in [0.1, 0.15) is 13.3 Å². The first-order valence-electron chi connectivity index (χ1n) is 5.08. The van der Waals surface area contributed by atoms with E-state index < -0.39 is 0 Å². The molecule has 0 spiro atoms. The summed E-state index contributed by atoms with van der Waals surface area (Å²) in [5, 5.41) is 5.63. The van der Waals surface area contributed by atoms with E-state index in [1.54, 1.807) is 12.1 Å². The van der Waals surface area contributed by atoms with Crippen molar-refractivity contribution in [2.24, 2.45) is 5.92 Å². The minimum absolute atomic E-state index is 0.157. The summed E-state index contributed by atoms with van der Waals surface area (Å²) >= 11 is 0. The van der Waals surface area contributed by atoms with Crippen LogP contribution in [0.4, 0.5) is 16.2 Å². The molecule has 0 aliphatic heterocycles. The molecule has 0 aromatic heterocycles. The molecular formula is C11H15N3O. The summed E-state index contributed by atoms with van der Waals surface area (Å²) in [6.45, 7) is 2.12. The van der Waals surface area contributed by atoms with Gasteiger partial charge in [-0.15, -0.1) is 0 Å². The Morgan fingerprint density at radius 1 is 1.53 bits per heavy atom. The molecule has 0 radical (unpaired) electrons. The lowest BCUT2D eigenvalue weighted by Crippen LogP contribution is -2.31. The third kappa shape index (κ3) is 2.62. The van der Waals surface area contributed by atoms with Crippen LogP contribution in [0, 0.1) is 5.92 Å². The molecule has 2 unspecified atom stereocenters. The van der Waals surface area contributed by atoms with Gasteiger partial charge in [0.25, 0.3) is 0 Å². The van der Waals surface area contributed by atoms with Gasteiger partial charge in [-0.2, -0.15) is 0 Å². The lowest BCUT2D eigenvalue weighted by molar-refractivity contribution is 0.251. The fourth-order valence-electron chi connectivity index (χ4n) is 1.48. The Balaban J connectivity index is 1.88. The monoisotopic (exact) mass is 205 g/mol. The van der Waals surface area contributed by atoms with Crippen molar-refractivity contribution in [2.75, 3.05) is 11.1 Å². The van der Waals surface area contributed by atoms with Crippen LogP contribution in [0.3, 0.4) is 0 Å². The highest BCUT2D eigenvalue weighted by Gasteiger charge is 2.33. The standard InChI is InChI=1S/C11H15N3O/c1-7-5-10(7)14-11(15)13-9-4-2-3-8(12)6-9/h2-4,6-7,10H,5,12H2,1H3,(H2,13,14,15). The number of anilines is 2. The minimum atomic E-state index is -0.157. The molecule has 1 aliphatic rings. The van der Waals surface area contributed by atoms with Gasteiger partial charge in [-0.1, -0.05) is 13.0 Å². The molecule has 80 valence electrons. The molecule has 1 aromatic rings. The number of hydrogen-bond donors (Lipinski definition) is 3. The molecule has 0 saturated heterocycles. The Kier molecular flexibility index (Phi) is 2.49. The predicted octanol–water partition coefficient (Wildman–Crippen LogP) is 1.80. The Hall–Kier alpha value is -1.71. The summed E-state index contributed by atoms with van der Waals surface area (Å²) in [5.41, 5.74) is 6.97. The second-order valence-electron chi connectivity index (χ2n) is 4.04. The predicted molar refractivity (Wildman–Crippen MR) is 60.6 cm³/mol. The number of rotatable bonds is 2. The van der Waals surface area contributed by atoms with Gasteiger partial charge in [0.2, 0.25) is 0 Å². The van der Waals surface area contributed by atoms with E-state index in [1.165, 1.54) is 0 Å². The van der Waals surface area contributed by atoms with E-state index in [1.807, 2.05) is 12.1 Å². The van der Waals surface area contributed by atoms with Gasteiger partial charge in [0.05, 0.1) is 0 Å². The number of nitrogen functional groups attached to an aromatic ring is 1. The number of hydrogen-bond acceptors (Lipinski definition) is 2. The zero-order valence-electron chi connectivity index (χ0n) is 8.66.